The Bertz CT molecular complexity index is 1440. The highest BCUT2D eigenvalue weighted by Crippen LogP contribution is 2.41. The van der Waals surface area contributed by atoms with Crippen LogP contribution in [0.15, 0.2) is 62.6 Å². The molecule has 0 unspecified atom stereocenters. The van der Waals surface area contributed by atoms with E-state index in [-0.39, 0.29) is 38.3 Å². The lowest BCUT2D eigenvalue weighted by molar-refractivity contribution is 0.409. The minimum atomic E-state index is -4.08. The number of anilines is 1. The molecule has 0 saturated carbocycles. The SMILES string of the molecule is O=c1c2c(O)cccc2oc2cc(NS(=O)(=O)c3ccc(I)cc3)c(O)c(O)c12. The molecular weight excluding hydrogens is 513 g/mol. The normalized spacial score (nSPS) is 11.8. The van der Waals surface area contributed by atoms with Crippen molar-refractivity contribution < 1.29 is 28.2 Å². The second kappa shape index (κ2) is 6.81. The Morgan fingerprint density at radius 2 is 1.59 bits per heavy atom. The van der Waals surface area contributed by atoms with Gasteiger partial charge in [-0.15, -0.1) is 0 Å². The quantitative estimate of drug-likeness (QED) is 0.183. The largest absolute Gasteiger partial charge is 0.507 e. The van der Waals surface area contributed by atoms with Crippen molar-refractivity contribution in [3.8, 4) is 17.2 Å². The van der Waals surface area contributed by atoms with Crippen LogP contribution in [-0.4, -0.2) is 23.7 Å². The van der Waals surface area contributed by atoms with E-state index in [2.05, 4.69) is 4.72 Å². The standard InChI is InChI=1S/C19H12INO7S/c20-9-4-6-10(7-5-9)29(26,27)21-11-8-14-16(19(25)17(11)23)18(24)15-12(22)2-1-3-13(15)28-14/h1-8,21-23,25H. The summed E-state index contributed by atoms with van der Waals surface area (Å²) in [4.78, 5) is 12.6. The van der Waals surface area contributed by atoms with Gasteiger partial charge >= 0.3 is 0 Å². The zero-order valence-electron chi connectivity index (χ0n) is 14.4. The number of aromatic hydroxyl groups is 3. The van der Waals surface area contributed by atoms with Crippen LogP contribution in [0.4, 0.5) is 5.69 Å². The first-order chi connectivity index (χ1) is 13.7. The number of rotatable bonds is 3. The van der Waals surface area contributed by atoms with E-state index in [0.29, 0.717) is 0 Å². The number of phenolic OH excluding ortho intramolecular Hbond substituents is 3. The smallest absolute Gasteiger partial charge is 0.262 e. The number of benzene rings is 3. The molecule has 0 saturated heterocycles. The molecule has 3 aromatic carbocycles. The van der Waals surface area contributed by atoms with E-state index in [1.807, 2.05) is 22.6 Å². The predicted octanol–water partition coefficient (Wildman–Crippen LogP) is 3.47. The van der Waals surface area contributed by atoms with Crippen LogP contribution in [0.5, 0.6) is 17.2 Å². The lowest BCUT2D eigenvalue weighted by Crippen LogP contribution is -2.13. The van der Waals surface area contributed by atoms with Crippen LogP contribution in [0.1, 0.15) is 0 Å². The third-order valence-corrected chi connectivity index (χ3v) is 6.39. The van der Waals surface area contributed by atoms with Crippen LogP contribution in [0.25, 0.3) is 21.9 Å². The second-order valence-corrected chi connectivity index (χ2v) is 9.06. The predicted molar refractivity (Wildman–Crippen MR) is 115 cm³/mol. The lowest BCUT2D eigenvalue weighted by atomic mass is 10.1. The average molecular weight is 525 g/mol. The molecule has 0 fully saturated rings. The van der Waals surface area contributed by atoms with E-state index in [9.17, 15) is 28.5 Å². The molecule has 0 aliphatic rings. The molecule has 0 bridgehead atoms. The third kappa shape index (κ3) is 3.23. The van der Waals surface area contributed by atoms with Crippen LogP contribution in [0.3, 0.4) is 0 Å². The first-order valence-electron chi connectivity index (χ1n) is 8.11. The maximum absolute atomic E-state index is 12.7. The zero-order valence-corrected chi connectivity index (χ0v) is 17.4. The average Bonchev–Trinajstić information content (AvgIpc) is 2.66. The first-order valence-corrected chi connectivity index (χ1v) is 10.7. The van der Waals surface area contributed by atoms with Gasteiger partial charge in [0.15, 0.2) is 11.5 Å². The van der Waals surface area contributed by atoms with Crippen LogP contribution in [0, 0.1) is 3.57 Å². The number of fused-ring (bicyclic) bond motifs is 2. The Balaban J connectivity index is 1.93. The zero-order chi connectivity index (χ0) is 20.9. The maximum atomic E-state index is 12.7. The molecule has 10 heteroatoms. The van der Waals surface area contributed by atoms with Crippen molar-refractivity contribution in [3.05, 3.63) is 62.3 Å². The van der Waals surface area contributed by atoms with Gasteiger partial charge in [0.05, 0.1) is 10.6 Å². The van der Waals surface area contributed by atoms with E-state index in [4.69, 9.17) is 4.42 Å². The fraction of sp³-hybridized carbons (Fsp3) is 0. The van der Waals surface area contributed by atoms with Crippen molar-refractivity contribution >= 4 is 60.2 Å². The summed E-state index contributed by atoms with van der Waals surface area (Å²) in [7, 11) is -4.08. The molecule has 4 aromatic rings. The summed E-state index contributed by atoms with van der Waals surface area (Å²) < 4.78 is 33.8. The van der Waals surface area contributed by atoms with Gasteiger partial charge in [-0.1, -0.05) is 6.07 Å². The first kappa shape index (κ1) is 19.3. The number of phenols is 3. The fourth-order valence-corrected chi connectivity index (χ4v) is 4.32. The highest BCUT2D eigenvalue weighted by molar-refractivity contribution is 14.1. The van der Waals surface area contributed by atoms with Crippen molar-refractivity contribution in [3.63, 3.8) is 0 Å². The molecule has 4 N–H and O–H groups in total. The summed E-state index contributed by atoms with van der Waals surface area (Å²) in [5.41, 5.74) is -1.25. The molecule has 0 aliphatic carbocycles. The molecule has 0 atom stereocenters. The molecule has 4 rings (SSSR count). The Hall–Kier alpha value is -2.99. The monoisotopic (exact) mass is 525 g/mol. The molecule has 148 valence electrons. The van der Waals surface area contributed by atoms with Gasteiger partial charge < -0.3 is 19.7 Å². The summed E-state index contributed by atoms with van der Waals surface area (Å²) in [5.74, 6) is -2.05. The number of nitrogens with one attached hydrogen (secondary N) is 1. The highest BCUT2D eigenvalue weighted by Gasteiger charge is 2.23. The Morgan fingerprint density at radius 3 is 2.28 bits per heavy atom. The van der Waals surface area contributed by atoms with Crippen molar-refractivity contribution in [2.75, 3.05) is 4.72 Å². The molecule has 0 spiro atoms. The molecule has 0 radical (unpaired) electrons. The Morgan fingerprint density at radius 1 is 0.897 bits per heavy atom. The lowest BCUT2D eigenvalue weighted by Gasteiger charge is -2.12. The molecule has 1 aromatic heterocycles. The van der Waals surface area contributed by atoms with Gasteiger partial charge in [-0.3, -0.25) is 9.52 Å². The minimum Gasteiger partial charge on any atom is -0.507 e. The van der Waals surface area contributed by atoms with Gasteiger partial charge in [-0.2, -0.15) is 0 Å². The van der Waals surface area contributed by atoms with E-state index < -0.39 is 27.0 Å². The number of halogens is 1. The van der Waals surface area contributed by atoms with E-state index in [1.54, 1.807) is 12.1 Å². The third-order valence-electron chi connectivity index (χ3n) is 4.28. The molecule has 1 heterocycles. The second-order valence-electron chi connectivity index (χ2n) is 6.14. The van der Waals surface area contributed by atoms with Crippen molar-refractivity contribution in [2.45, 2.75) is 4.90 Å². The Kier molecular flexibility index (Phi) is 4.54. The minimum absolute atomic E-state index is 0.0408. The summed E-state index contributed by atoms with van der Waals surface area (Å²) in [5, 5.41) is 30.0. The topological polar surface area (TPSA) is 137 Å². The van der Waals surface area contributed by atoms with Crippen molar-refractivity contribution in [1.29, 1.82) is 0 Å². The van der Waals surface area contributed by atoms with Crippen molar-refractivity contribution in [2.24, 2.45) is 0 Å². The van der Waals surface area contributed by atoms with Gasteiger partial charge in [-0.25, -0.2) is 8.42 Å². The van der Waals surface area contributed by atoms with Crippen LogP contribution < -0.4 is 10.2 Å². The number of sulfonamides is 1. The summed E-state index contributed by atoms with van der Waals surface area (Å²) >= 11 is 2.03. The molecule has 29 heavy (non-hydrogen) atoms. The molecular formula is C19H12INO7S. The van der Waals surface area contributed by atoms with Crippen LogP contribution >= 0.6 is 22.6 Å². The van der Waals surface area contributed by atoms with E-state index in [0.717, 1.165) is 9.64 Å². The molecule has 8 nitrogen and oxygen atoms in total. The van der Waals surface area contributed by atoms with Gasteiger partial charge in [0.25, 0.3) is 10.0 Å². The fourth-order valence-electron chi connectivity index (χ4n) is 2.91. The number of hydrogen-bond donors (Lipinski definition) is 4. The Labute approximate surface area is 177 Å². The van der Waals surface area contributed by atoms with Crippen LogP contribution in [-0.2, 0) is 10.0 Å². The van der Waals surface area contributed by atoms with Crippen molar-refractivity contribution in [1.82, 2.24) is 0 Å². The summed E-state index contributed by atoms with van der Waals surface area (Å²) in [6.07, 6.45) is 0. The van der Waals surface area contributed by atoms with E-state index in [1.165, 1.54) is 30.3 Å². The van der Waals surface area contributed by atoms with E-state index >= 15 is 0 Å². The van der Waals surface area contributed by atoms with Gasteiger partial charge in [0.1, 0.15) is 27.7 Å². The van der Waals surface area contributed by atoms with Crippen LogP contribution in [0.2, 0.25) is 0 Å². The summed E-state index contributed by atoms with van der Waals surface area (Å²) in [6, 6.07) is 11.3. The van der Waals surface area contributed by atoms with Gasteiger partial charge in [-0.05, 0) is 59.0 Å². The number of hydrogen-bond acceptors (Lipinski definition) is 7. The highest BCUT2D eigenvalue weighted by atomic mass is 127. The summed E-state index contributed by atoms with van der Waals surface area (Å²) in [6.45, 7) is 0. The molecule has 0 aliphatic heterocycles. The van der Waals surface area contributed by atoms with Gasteiger partial charge in [0, 0.05) is 9.64 Å². The van der Waals surface area contributed by atoms with Gasteiger partial charge in [0.2, 0.25) is 5.43 Å². The molecule has 0 amide bonds. The maximum Gasteiger partial charge on any atom is 0.262 e.